The highest BCUT2D eigenvalue weighted by Gasteiger charge is 2.17. The Labute approximate surface area is 141 Å². The first-order valence-corrected chi connectivity index (χ1v) is 7.68. The molecule has 2 amide bonds. The first-order valence-electron chi connectivity index (χ1n) is 7.68. The Morgan fingerprint density at radius 1 is 1.25 bits per heavy atom. The number of nitrogens with one attached hydrogen (secondary N) is 1. The Morgan fingerprint density at radius 2 is 2.00 bits per heavy atom. The van der Waals surface area contributed by atoms with Crippen LogP contribution >= 0.6 is 0 Å². The van der Waals surface area contributed by atoms with Gasteiger partial charge < -0.3 is 15.3 Å². The molecule has 1 atom stereocenters. The van der Waals surface area contributed by atoms with Crippen LogP contribution in [0.25, 0.3) is 11.1 Å². The number of benzene rings is 1. The molecule has 0 aliphatic carbocycles. The van der Waals surface area contributed by atoms with E-state index in [0.717, 1.165) is 16.7 Å². The molecule has 2 N–H and O–H groups in total. The zero-order valence-corrected chi connectivity index (χ0v) is 13.8. The third kappa shape index (κ3) is 4.81. The van der Waals surface area contributed by atoms with E-state index in [2.05, 4.69) is 10.3 Å². The van der Waals surface area contributed by atoms with Crippen LogP contribution in [0.1, 0.15) is 12.5 Å². The van der Waals surface area contributed by atoms with Gasteiger partial charge in [-0.25, -0.2) is 4.79 Å². The summed E-state index contributed by atoms with van der Waals surface area (Å²) in [5, 5.41) is 11.7. The van der Waals surface area contributed by atoms with Crippen LogP contribution in [0, 0.1) is 5.92 Å². The van der Waals surface area contributed by atoms with Crippen LogP contribution in [0.4, 0.5) is 4.79 Å². The topological polar surface area (TPSA) is 82.5 Å². The van der Waals surface area contributed by atoms with Crippen molar-refractivity contribution in [1.82, 2.24) is 15.2 Å². The molecule has 1 aromatic heterocycles. The van der Waals surface area contributed by atoms with Crippen LogP contribution in [0.3, 0.4) is 0 Å². The molecule has 0 fully saturated rings. The van der Waals surface area contributed by atoms with E-state index in [1.807, 2.05) is 36.4 Å². The number of amides is 2. The summed E-state index contributed by atoms with van der Waals surface area (Å²) in [6.07, 6.45) is 3.51. The second-order valence-corrected chi connectivity index (χ2v) is 5.72. The fourth-order valence-corrected chi connectivity index (χ4v) is 2.28. The van der Waals surface area contributed by atoms with Gasteiger partial charge in [0, 0.05) is 32.5 Å². The number of pyridine rings is 1. The van der Waals surface area contributed by atoms with Gasteiger partial charge in [0.15, 0.2) is 0 Å². The van der Waals surface area contributed by atoms with Gasteiger partial charge in [0.25, 0.3) is 0 Å². The second-order valence-electron chi connectivity index (χ2n) is 5.72. The first-order chi connectivity index (χ1) is 11.5. The third-order valence-electron chi connectivity index (χ3n) is 3.68. The summed E-state index contributed by atoms with van der Waals surface area (Å²) in [7, 11) is 1.58. The van der Waals surface area contributed by atoms with Crippen molar-refractivity contribution in [2.24, 2.45) is 5.92 Å². The highest BCUT2D eigenvalue weighted by molar-refractivity contribution is 5.75. The lowest BCUT2D eigenvalue weighted by atomic mass is 10.0. The van der Waals surface area contributed by atoms with Crippen molar-refractivity contribution < 1.29 is 14.7 Å². The summed E-state index contributed by atoms with van der Waals surface area (Å²) < 4.78 is 0. The summed E-state index contributed by atoms with van der Waals surface area (Å²) in [5.41, 5.74) is 3.00. The zero-order valence-electron chi connectivity index (χ0n) is 13.8. The SMILES string of the molecule is CC(CN(C)C(=O)NCc1cccc(-c2cccnc2)c1)C(=O)O. The number of carboxylic acid groups (broad SMARTS) is 1. The second kappa shape index (κ2) is 8.10. The summed E-state index contributed by atoms with van der Waals surface area (Å²) in [4.78, 5) is 28.4. The van der Waals surface area contributed by atoms with E-state index in [4.69, 9.17) is 5.11 Å². The number of urea groups is 1. The Hall–Kier alpha value is -2.89. The molecular formula is C18H21N3O3. The molecule has 1 aromatic carbocycles. The number of hydrogen-bond acceptors (Lipinski definition) is 3. The molecule has 0 aliphatic rings. The van der Waals surface area contributed by atoms with Crippen molar-refractivity contribution in [3.05, 3.63) is 54.4 Å². The molecular weight excluding hydrogens is 306 g/mol. The van der Waals surface area contributed by atoms with E-state index in [1.54, 1.807) is 26.4 Å². The first kappa shape index (κ1) is 17.5. The van der Waals surface area contributed by atoms with Gasteiger partial charge in [-0.05, 0) is 28.8 Å². The number of nitrogens with zero attached hydrogens (tertiary/aromatic N) is 2. The largest absolute Gasteiger partial charge is 0.481 e. The van der Waals surface area contributed by atoms with Crippen LogP contribution in [0.2, 0.25) is 0 Å². The van der Waals surface area contributed by atoms with Crippen molar-refractivity contribution in [3.63, 3.8) is 0 Å². The fraction of sp³-hybridized carbons (Fsp3) is 0.278. The molecule has 0 saturated heterocycles. The van der Waals surface area contributed by atoms with E-state index >= 15 is 0 Å². The smallest absolute Gasteiger partial charge is 0.317 e. The number of rotatable bonds is 6. The minimum absolute atomic E-state index is 0.164. The molecule has 2 aromatic rings. The Bertz CT molecular complexity index is 704. The maximum Gasteiger partial charge on any atom is 0.317 e. The molecule has 6 heteroatoms. The summed E-state index contributed by atoms with van der Waals surface area (Å²) in [6.45, 7) is 2.11. The summed E-state index contributed by atoms with van der Waals surface area (Å²) in [6, 6.07) is 11.4. The average molecular weight is 327 g/mol. The van der Waals surface area contributed by atoms with Crippen molar-refractivity contribution in [2.45, 2.75) is 13.5 Å². The van der Waals surface area contributed by atoms with E-state index < -0.39 is 11.9 Å². The number of aromatic nitrogens is 1. The predicted molar refractivity (Wildman–Crippen MR) is 91.3 cm³/mol. The van der Waals surface area contributed by atoms with E-state index in [9.17, 15) is 9.59 Å². The highest BCUT2D eigenvalue weighted by Crippen LogP contribution is 2.19. The molecule has 2 rings (SSSR count). The number of carboxylic acids is 1. The molecule has 6 nitrogen and oxygen atoms in total. The lowest BCUT2D eigenvalue weighted by Crippen LogP contribution is -2.40. The monoisotopic (exact) mass is 327 g/mol. The van der Waals surface area contributed by atoms with Gasteiger partial charge in [0.05, 0.1) is 5.92 Å². The number of hydrogen-bond donors (Lipinski definition) is 2. The van der Waals surface area contributed by atoms with Crippen LogP contribution in [-0.4, -0.2) is 40.6 Å². The van der Waals surface area contributed by atoms with Crippen LogP contribution in [-0.2, 0) is 11.3 Å². The predicted octanol–water partition coefficient (Wildman–Crippen LogP) is 2.61. The molecule has 1 unspecified atom stereocenters. The molecule has 0 radical (unpaired) electrons. The van der Waals surface area contributed by atoms with Gasteiger partial charge in [-0.2, -0.15) is 0 Å². The van der Waals surface area contributed by atoms with Crippen LogP contribution < -0.4 is 5.32 Å². The quantitative estimate of drug-likeness (QED) is 0.854. The number of carbonyl (C=O) groups excluding carboxylic acids is 1. The van der Waals surface area contributed by atoms with Crippen molar-refractivity contribution in [3.8, 4) is 11.1 Å². The van der Waals surface area contributed by atoms with Gasteiger partial charge in [-0.1, -0.05) is 31.2 Å². The van der Waals surface area contributed by atoms with Gasteiger partial charge in [0.1, 0.15) is 0 Å². The Kier molecular flexibility index (Phi) is 5.89. The minimum atomic E-state index is -0.918. The van der Waals surface area contributed by atoms with Gasteiger partial charge >= 0.3 is 12.0 Å². The Morgan fingerprint density at radius 3 is 2.67 bits per heavy atom. The minimum Gasteiger partial charge on any atom is -0.481 e. The van der Waals surface area contributed by atoms with Gasteiger partial charge in [-0.3, -0.25) is 9.78 Å². The normalized spacial score (nSPS) is 11.6. The number of carbonyl (C=O) groups is 2. The maximum absolute atomic E-state index is 12.0. The van der Waals surface area contributed by atoms with Crippen molar-refractivity contribution >= 4 is 12.0 Å². The highest BCUT2D eigenvalue weighted by atomic mass is 16.4. The molecule has 0 bridgehead atoms. The van der Waals surface area contributed by atoms with Crippen LogP contribution in [0.5, 0.6) is 0 Å². The molecule has 126 valence electrons. The van der Waals surface area contributed by atoms with Crippen molar-refractivity contribution in [2.75, 3.05) is 13.6 Å². The van der Waals surface area contributed by atoms with Gasteiger partial charge in [-0.15, -0.1) is 0 Å². The van der Waals surface area contributed by atoms with Gasteiger partial charge in [0.2, 0.25) is 0 Å². The zero-order chi connectivity index (χ0) is 17.5. The lowest BCUT2D eigenvalue weighted by molar-refractivity contribution is -0.141. The fourth-order valence-electron chi connectivity index (χ4n) is 2.28. The number of aliphatic carboxylic acids is 1. The van der Waals surface area contributed by atoms with E-state index in [0.29, 0.717) is 6.54 Å². The third-order valence-corrected chi connectivity index (χ3v) is 3.68. The summed E-state index contributed by atoms with van der Waals surface area (Å²) >= 11 is 0. The molecule has 0 saturated carbocycles. The summed E-state index contributed by atoms with van der Waals surface area (Å²) in [5.74, 6) is -1.52. The standard InChI is InChI=1S/C18H21N3O3/c1-13(17(22)23)12-21(2)18(24)20-10-14-5-3-6-15(9-14)16-7-4-8-19-11-16/h3-9,11,13H,10,12H2,1-2H3,(H,20,24)(H,22,23). The van der Waals surface area contributed by atoms with E-state index in [-0.39, 0.29) is 12.6 Å². The molecule has 0 aliphatic heterocycles. The lowest BCUT2D eigenvalue weighted by Gasteiger charge is -2.20. The molecule has 24 heavy (non-hydrogen) atoms. The van der Waals surface area contributed by atoms with E-state index in [1.165, 1.54) is 4.90 Å². The maximum atomic E-state index is 12.0. The van der Waals surface area contributed by atoms with Crippen molar-refractivity contribution in [1.29, 1.82) is 0 Å². The Balaban J connectivity index is 1.95. The average Bonchev–Trinajstić information content (AvgIpc) is 2.60. The molecule has 0 spiro atoms. The molecule has 1 heterocycles. The van der Waals surface area contributed by atoms with Crippen LogP contribution in [0.15, 0.2) is 48.8 Å².